The lowest BCUT2D eigenvalue weighted by atomic mass is 9.99. The molecule has 1 aliphatic heterocycles. The van der Waals surface area contributed by atoms with Gasteiger partial charge in [-0.25, -0.2) is 0 Å². The van der Waals surface area contributed by atoms with Crippen LogP contribution in [0.15, 0.2) is 24.3 Å². The summed E-state index contributed by atoms with van der Waals surface area (Å²) in [7, 11) is 0. The maximum Gasteiger partial charge on any atom is 0.220 e. The van der Waals surface area contributed by atoms with Gasteiger partial charge in [-0.15, -0.1) is 0 Å². The third-order valence-electron chi connectivity index (χ3n) is 11.8. The minimum absolute atomic E-state index is 0.180. The molecule has 7 atom stereocenters. The van der Waals surface area contributed by atoms with E-state index < -0.39 is 49.5 Å². The Bertz CT molecular complexity index is 961. The first kappa shape index (κ1) is 54.7. The van der Waals surface area contributed by atoms with Gasteiger partial charge in [0.05, 0.1) is 25.4 Å². The van der Waals surface area contributed by atoms with Crippen LogP contribution in [0.3, 0.4) is 0 Å². The van der Waals surface area contributed by atoms with Crippen LogP contribution in [0.5, 0.6) is 0 Å². The number of aliphatic hydroxyl groups excluding tert-OH is 5. The van der Waals surface area contributed by atoms with E-state index in [4.69, 9.17) is 9.47 Å². The zero-order chi connectivity index (χ0) is 42.3. The molecule has 1 amide bonds. The van der Waals surface area contributed by atoms with Crippen molar-refractivity contribution in [3.63, 3.8) is 0 Å². The molecular weight excluding hydrogens is 731 g/mol. The second kappa shape index (κ2) is 39.8. The van der Waals surface area contributed by atoms with Crippen LogP contribution in [-0.4, -0.2) is 87.5 Å². The fraction of sp³-hybridized carbons (Fsp3) is 0.898. The van der Waals surface area contributed by atoms with Crippen LogP contribution >= 0.6 is 0 Å². The number of hydrogen-bond donors (Lipinski definition) is 6. The van der Waals surface area contributed by atoms with Gasteiger partial charge >= 0.3 is 0 Å². The highest BCUT2D eigenvalue weighted by atomic mass is 16.7. The predicted octanol–water partition coefficient (Wildman–Crippen LogP) is 10.7. The molecule has 0 aliphatic carbocycles. The quantitative estimate of drug-likeness (QED) is 0.0264. The van der Waals surface area contributed by atoms with Crippen molar-refractivity contribution < 1.29 is 39.8 Å². The normalized spacial score (nSPS) is 21.0. The standard InChI is InChI=1S/C49H93NO8/c1-3-5-7-9-11-13-15-16-17-18-19-20-21-22-23-24-25-26-27-28-29-31-33-35-37-39-45(53)50-42(41-57-49-48(56)47(55)46(54)44(40-51)58-49)43(52)38-36-34-32-30-14-12-10-8-6-4-2/h22-23,36,38,42-44,46-49,51-52,54-56H,3-21,24-35,37,39-41H2,1-2H3,(H,50,53)/b23-22-,38-36+. The van der Waals surface area contributed by atoms with Crippen LogP contribution in [0.4, 0.5) is 0 Å². The van der Waals surface area contributed by atoms with E-state index in [0.717, 1.165) is 38.5 Å². The van der Waals surface area contributed by atoms with E-state index in [0.29, 0.717) is 6.42 Å². The van der Waals surface area contributed by atoms with Gasteiger partial charge in [-0.2, -0.15) is 0 Å². The van der Waals surface area contributed by atoms with E-state index in [1.165, 1.54) is 167 Å². The van der Waals surface area contributed by atoms with Crippen LogP contribution in [-0.2, 0) is 14.3 Å². The molecule has 0 radical (unpaired) electrons. The highest BCUT2D eigenvalue weighted by Crippen LogP contribution is 2.23. The molecule has 7 unspecified atom stereocenters. The number of aliphatic hydroxyl groups is 5. The Labute approximate surface area is 356 Å². The maximum atomic E-state index is 12.9. The third-order valence-corrected chi connectivity index (χ3v) is 11.8. The summed E-state index contributed by atoms with van der Waals surface area (Å²) in [4.78, 5) is 12.9. The van der Waals surface area contributed by atoms with Gasteiger partial charge < -0.3 is 40.3 Å². The summed E-state index contributed by atoms with van der Waals surface area (Å²) in [5, 5.41) is 54.1. The fourth-order valence-corrected chi connectivity index (χ4v) is 7.80. The topological polar surface area (TPSA) is 149 Å². The molecule has 1 heterocycles. The fourth-order valence-electron chi connectivity index (χ4n) is 7.80. The first-order chi connectivity index (χ1) is 28.3. The van der Waals surface area contributed by atoms with Crippen LogP contribution in [0.2, 0.25) is 0 Å². The average molecular weight is 824 g/mol. The molecule has 58 heavy (non-hydrogen) atoms. The summed E-state index contributed by atoms with van der Waals surface area (Å²) >= 11 is 0. The average Bonchev–Trinajstić information content (AvgIpc) is 3.22. The van der Waals surface area contributed by atoms with Crippen molar-refractivity contribution in [2.75, 3.05) is 13.2 Å². The molecule has 1 fully saturated rings. The van der Waals surface area contributed by atoms with E-state index >= 15 is 0 Å². The minimum Gasteiger partial charge on any atom is -0.394 e. The number of ether oxygens (including phenoxy) is 2. The van der Waals surface area contributed by atoms with E-state index in [1.807, 2.05) is 6.08 Å². The lowest BCUT2D eigenvalue weighted by molar-refractivity contribution is -0.302. The number of amides is 1. The lowest BCUT2D eigenvalue weighted by Gasteiger charge is -2.40. The van der Waals surface area contributed by atoms with Crippen LogP contribution in [0, 0.1) is 0 Å². The van der Waals surface area contributed by atoms with E-state index in [2.05, 4.69) is 31.3 Å². The molecule has 0 bridgehead atoms. The summed E-state index contributed by atoms with van der Waals surface area (Å²) in [6, 6.07) is -0.801. The van der Waals surface area contributed by atoms with Crippen molar-refractivity contribution in [2.24, 2.45) is 0 Å². The molecule has 0 spiro atoms. The molecule has 0 saturated carbocycles. The number of carbonyl (C=O) groups excluding carboxylic acids is 1. The van der Waals surface area contributed by atoms with Gasteiger partial charge in [0.2, 0.25) is 5.91 Å². The first-order valence-electron chi connectivity index (χ1n) is 24.6. The zero-order valence-corrected chi connectivity index (χ0v) is 37.6. The molecule has 6 N–H and O–H groups in total. The predicted molar refractivity (Wildman–Crippen MR) is 240 cm³/mol. The van der Waals surface area contributed by atoms with Crippen LogP contribution in [0.25, 0.3) is 0 Å². The highest BCUT2D eigenvalue weighted by molar-refractivity contribution is 5.76. The van der Waals surface area contributed by atoms with Crippen molar-refractivity contribution in [1.29, 1.82) is 0 Å². The smallest absolute Gasteiger partial charge is 0.220 e. The number of rotatable bonds is 41. The second-order valence-electron chi connectivity index (χ2n) is 17.3. The number of unbranched alkanes of at least 4 members (excludes halogenated alkanes) is 29. The summed E-state index contributed by atoms with van der Waals surface area (Å²) in [5.41, 5.74) is 0. The lowest BCUT2D eigenvalue weighted by Crippen LogP contribution is -2.60. The number of allylic oxidation sites excluding steroid dienone is 3. The van der Waals surface area contributed by atoms with E-state index in [9.17, 15) is 30.3 Å². The minimum atomic E-state index is -1.56. The molecular formula is C49H93NO8. The molecule has 0 aromatic rings. The number of nitrogens with one attached hydrogen (secondary N) is 1. The van der Waals surface area contributed by atoms with Crippen molar-refractivity contribution in [1.82, 2.24) is 5.32 Å². The maximum absolute atomic E-state index is 12.9. The number of hydrogen-bond acceptors (Lipinski definition) is 8. The van der Waals surface area contributed by atoms with Gasteiger partial charge in [0.15, 0.2) is 6.29 Å². The summed E-state index contributed by atoms with van der Waals surface area (Å²) in [5.74, 6) is -0.180. The van der Waals surface area contributed by atoms with Gasteiger partial charge in [-0.3, -0.25) is 4.79 Å². The van der Waals surface area contributed by atoms with Gasteiger partial charge in [0.25, 0.3) is 0 Å². The molecule has 1 saturated heterocycles. The monoisotopic (exact) mass is 824 g/mol. The number of carbonyl (C=O) groups is 1. The van der Waals surface area contributed by atoms with Crippen LogP contribution < -0.4 is 5.32 Å². The highest BCUT2D eigenvalue weighted by Gasteiger charge is 2.44. The third kappa shape index (κ3) is 29.8. The molecule has 1 aliphatic rings. The van der Waals surface area contributed by atoms with E-state index in [1.54, 1.807) is 6.08 Å². The molecule has 1 rings (SSSR count). The first-order valence-corrected chi connectivity index (χ1v) is 24.6. The molecule has 9 nitrogen and oxygen atoms in total. The zero-order valence-electron chi connectivity index (χ0n) is 37.6. The molecule has 9 heteroatoms. The Morgan fingerprint density at radius 2 is 0.966 bits per heavy atom. The summed E-state index contributed by atoms with van der Waals surface area (Å²) < 4.78 is 11.2. The van der Waals surface area contributed by atoms with Gasteiger partial charge in [0.1, 0.15) is 24.4 Å². The molecule has 342 valence electrons. The van der Waals surface area contributed by atoms with Crippen molar-refractivity contribution in [3.8, 4) is 0 Å². The van der Waals surface area contributed by atoms with Crippen LogP contribution in [0.1, 0.15) is 226 Å². The van der Waals surface area contributed by atoms with Gasteiger partial charge in [-0.1, -0.05) is 199 Å². The Morgan fingerprint density at radius 1 is 0.569 bits per heavy atom. The second-order valence-corrected chi connectivity index (χ2v) is 17.3. The Balaban J connectivity index is 2.21. The SMILES string of the molecule is CCCCCCCCCC/C=C/C(O)C(COC1OC(CO)C(O)C(O)C1O)NC(=O)CCCCCCCCCCC/C=C\CCCCCCCCCCCCCC. The van der Waals surface area contributed by atoms with Gasteiger partial charge in [-0.05, 0) is 44.9 Å². The van der Waals surface area contributed by atoms with Crippen molar-refractivity contribution in [3.05, 3.63) is 24.3 Å². The Morgan fingerprint density at radius 3 is 1.40 bits per heavy atom. The van der Waals surface area contributed by atoms with Crippen molar-refractivity contribution >= 4 is 5.91 Å². The molecule has 0 aromatic carbocycles. The van der Waals surface area contributed by atoms with Gasteiger partial charge in [0, 0.05) is 6.42 Å². The Kier molecular flexibility index (Phi) is 37.5. The summed E-state index contributed by atoms with van der Waals surface area (Å²) in [6.07, 6.45) is 41.0. The van der Waals surface area contributed by atoms with Crippen molar-refractivity contribution in [2.45, 2.75) is 269 Å². The Hall–Kier alpha value is -1.33. The largest absolute Gasteiger partial charge is 0.394 e. The summed E-state index contributed by atoms with van der Waals surface area (Å²) in [6.45, 7) is 3.76. The van der Waals surface area contributed by atoms with E-state index in [-0.39, 0.29) is 12.5 Å². The molecule has 0 aromatic heterocycles.